The molecule has 0 radical (unpaired) electrons. The van der Waals surface area contributed by atoms with Crippen molar-refractivity contribution in [3.63, 3.8) is 0 Å². The summed E-state index contributed by atoms with van der Waals surface area (Å²) < 4.78 is 20.4. The normalized spacial score (nSPS) is 19.4. The SMILES string of the molecule is COc1cccc(F)c1CN1C[C@H](NC(=O)c2ccc3[nH]nc(-c4ccnc(C)c4)c3c2)CC[C@H]1C(=O)NC1CCCC1. The number of aromatic nitrogens is 3. The van der Waals surface area contributed by atoms with Gasteiger partial charge in [0.1, 0.15) is 17.3 Å². The van der Waals surface area contributed by atoms with Gasteiger partial charge in [0.05, 0.1) is 18.7 Å². The number of rotatable bonds is 8. The molecule has 2 fully saturated rings. The Bertz CT molecular complexity index is 1630. The summed E-state index contributed by atoms with van der Waals surface area (Å²) in [5.74, 6) is -0.178. The van der Waals surface area contributed by atoms with Crippen LogP contribution < -0.4 is 15.4 Å². The minimum absolute atomic E-state index is 0.0312. The maximum Gasteiger partial charge on any atom is 0.251 e. The van der Waals surface area contributed by atoms with Crippen molar-refractivity contribution in [2.75, 3.05) is 13.7 Å². The van der Waals surface area contributed by atoms with Gasteiger partial charge in [-0.05, 0) is 75.1 Å². The van der Waals surface area contributed by atoms with Gasteiger partial charge in [-0.15, -0.1) is 0 Å². The average molecular weight is 585 g/mol. The molecule has 224 valence electrons. The largest absolute Gasteiger partial charge is 0.496 e. The van der Waals surface area contributed by atoms with Gasteiger partial charge >= 0.3 is 0 Å². The van der Waals surface area contributed by atoms with Gasteiger partial charge in [0.15, 0.2) is 0 Å². The lowest BCUT2D eigenvalue weighted by Gasteiger charge is -2.39. The number of aromatic amines is 1. The molecule has 43 heavy (non-hydrogen) atoms. The number of halogens is 1. The molecule has 1 saturated carbocycles. The van der Waals surface area contributed by atoms with E-state index in [9.17, 15) is 14.0 Å². The molecule has 3 heterocycles. The number of carbonyl (C=O) groups is 2. The van der Waals surface area contributed by atoms with Crippen molar-refractivity contribution < 1.29 is 18.7 Å². The Morgan fingerprint density at radius 1 is 1.05 bits per heavy atom. The second-order valence-electron chi connectivity index (χ2n) is 11.6. The van der Waals surface area contributed by atoms with Crippen LogP contribution in [0.5, 0.6) is 5.75 Å². The van der Waals surface area contributed by atoms with Crippen LogP contribution in [0.3, 0.4) is 0 Å². The van der Waals surface area contributed by atoms with E-state index in [1.165, 1.54) is 13.2 Å². The standard InChI is InChI=1S/C33H37FN6O3/c1-20-16-21(14-15-35-20)31-25-17-22(10-12-28(25)38-39-31)32(41)37-24-11-13-29(33(42)36-23-6-3-4-7-23)40(18-24)19-26-27(34)8-5-9-30(26)43-2/h5,8-10,12,14-17,23-24,29H,3-4,6-7,11,13,18-19H2,1-2H3,(H,36,42)(H,37,41)(H,38,39)/t24-,29+/m1/s1. The number of amides is 2. The number of methoxy groups -OCH3 is 1. The fourth-order valence-electron chi connectivity index (χ4n) is 6.42. The molecule has 10 heteroatoms. The highest BCUT2D eigenvalue weighted by molar-refractivity contribution is 6.01. The number of nitrogens with zero attached hydrogens (tertiary/aromatic N) is 3. The molecule has 2 aromatic carbocycles. The zero-order chi connectivity index (χ0) is 29.9. The molecule has 9 nitrogen and oxygen atoms in total. The van der Waals surface area contributed by atoms with E-state index in [1.54, 1.807) is 24.4 Å². The van der Waals surface area contributed by atoms with Crippen molar-refractivity contribution in [1.29, 1.82) is 0 Å². The highest BCUT2D eigenvalue weighted by Crippen LogP contribution is 2.29. The van der Waals surface area contributed by atoms with Crippen LogP contribution >= 0.6 is 0 Å². The molecule has 6 rings (SSSR count). The first-order chi connectivity index (χ1) is 20.9. The van der Waals surface area contributed by atoms with Crippen LogP contribution in [-0.2, 0) is 11.3 Å². The number of carbonyl (C=O) groups excluding carboxylic acids is 2. The Labute approximate surface area is 250 Å². The third kappa shape index (κ3) is 6.24. The van der Waals surface area contributed by atoms with Crippen molar-refractivity contribution in [2.24, 2.45) is 0 Å². The minimum Gasteiger partial charge on any atom is -0.496 e. The van der Waals surface area contributed by atoms with Crippen molar-refractivity contribution in [1.82, 2.24) is 30.7 Å². The van der Waals surface area contributed by atoms with E-state index < -0.39 is 6.04 Å². The van der Waals surface area contributed by atoms with Crippen LogP contribution in [0.25, 0.3) is 22.2 Å². The van der Waals surface area contributed by atoms with E-state index in [2.05, 4.69) is 25.8 Å². The molecular formula is C33H37FN6O3. The van der Waals surface area contributed by atoms with Crippen LogP contribution in [0.1, 0.15) is 60.1 Å². The summed E-state index contributed by atoms with van der Waals surface area (Å²) in [6, 6.07) is 13.6. The van der Waals surface area contributed by atoms with E-state index in [0.717, 1.165) is 53.5 Å². The van der Waals surface area contributed by atoms with Gasteiger partial charge in [0, 0.05) is 59.1 Å². The molecule has 4 aromatic rings. The van der Waals surface area contributed by atoms with Crippen molar-refractivity contribution >= 4 is 22.7 Å². The Hall–Kier alpha value is -4.31. The zero-order valence-corrected chi connectivity index (χ0v) is 24.5. The van der Waals surface area contributed by atoms with Gasteiger partial charge < -0.3 is 15.4 Å². The average Bonchev–Trinajstić information content (AvgIpc) is 3.68. The highest BCUT2D eigenvalue weighted by atomic mass is 19.1. The number of pyridine rings is 1. The highest BCUT2D eigenvalue weighted by Gasteiger charge is 2.36. The molecule has 0 unspecified atom stereocenters. The Morgan fingerprint density at radius 2 is 1.88 bits per heavy atom. The second-order valence-corrected chi connectivity index (χ2v) is 11.6. The maximum atomic E-state index is 15.0. The lowest BCUT2D eigenvalue weighted by Crippen LogP contribution is -2.57. The monoisotopic (exact) mass is 584 g/mol. The fraction of sp³-hybridized carbons (Fsp3) is 0.394. The first-order valence-electron chi connectivity index (χ1n) is 15.0. The quantitative estimate of drug-likeness (QED) is 0.272. The number of hydrogen-bond donors (Lipinski definition) is 3. The van der Waals surface area contributed by atoms with Gasteiger partial charge in [-0.1, -0.05) is 18.9 Å². The van der Waals surface area contributed by atoms with Crippen molar-refractivity contribution in [3.05, 3.63) is 77.4 Å². The number of benzene rings is 2. The smallest absolute Gasteiger partial charge is 0.251 e. The van der Waals surface area contributed by atoms with Crippen LogP contribution in [-0.4, -0.2) is 63.7 Å². The van der Waals surface area contributed by atoms with Crippen LogP contribution in [0.4, 0.5) is 4.39 Å². The number of fused-ring (bicyclic) bond motifs is 1. The summed E-state index contributed by atoms with van der Waals surface area (Å²) in [6.45, 7) is 2.53. The predicted octanol–water partition coefficient (Wildman–Crippen LogP) is 4.90. The van der Waals surface area contributed by atoms with Gasteiger partial charge in [-0.2, -0.15) is 5.10 Å². The zero-order valence-electron chi connectivity index (χ0n) is 24.5. The van der Waals surface area contributed by atoms with E-state index >= 15 is 0 Å². The number of H-pyrrole nitrogens is 1. The third-order valence-electron chi connectivity index (χ3n) is 8.68. The topological polar surface area (TPSA) is 112 Å². The van der Waals surface area contributed by atoms with E-state index in [0.29, 0.717) is 36.3 Å². The van der Waals surface area contributed by atoms with Gasteiger partial charge in [0.2, 0.25) is 5.91 Å². The van der Waals surface area contributed by atoms with E-state index in [4.69, 9.17) is 4.74 Å². The summed E-state index contributed by atoms with van der Waals surface area (Å²) in [7, 11) is 1.51. The number of aryl methyl sites for hydroxylation is 1. The number of ether oxygens (including phenoxy) is 1. The number of likely N-dealkylation sites (tertiary alicyclic amines) is 1. The first kappa shape index (κ1) is 28.8. The molecule has 2 atom stereocenters. The molecule has 1 aliphatic heterocycles. The van der Waals surface area contributed by atoms with Crippen LogP contribution in [0.15, 0.2) is 54.7 Å². The summed E-state index contributed by atoms with van der Waals surface area (Å²) >= 11 is 0. The Morgan fingerprint density at radius 3 is 2.67 bits per heavy atom. The summed E-state index contributed by atoms with van der Waals surface area (Å²) in [6.07, 6.45) is 7.14. The van der Waals surface area contributed by atoms with Gasteiger partial charge in [0.25, 0.3) is 5.91 Å². The summed E-state index contributed by atoms with van der Waals surface area (Å²) in [5.41, 5.74) is 4.32. The molecule has 3 N–H and O–H groups in total. The maximum absolute atomic E-state index is 15.0. The molecule has 2 amide bonds. The number of piperidine rings is 1. The lowest BCUT2D eigenvalue weighted by atomic mass is 9.95. The van der Waals surface area contributed by atoms with Crippen molar-refractivity contribution in [3.8, 4) is 17.0 Å². The molecule has 0 spiro atoms. The molecule has 2 aromatic heterocycles. The van der Waals surface area contributed by atoms with E-state index in [-0.39, 0.29) is 36.3 Å². The van der Waals surface area contributed by atoms with E-state index in [1.807, 2.05) is 36.1 Å². The predicted molar refractivity (Wildman–Crippen MR) is 162 cm³/mol. The number of hydrogen-bond acceptors (Lipinski definition) is 6. The fourth-order valence-corrected chi connectivity index (χ4v) is 6.42. The van der Waals surface area contributed by atoms with Gasteiger partial charge in [-0.3, -0.25) is 24.6 Å². The second kappa shape index (κ2) is 12.5. The van der Waals surface area contributed by atoms with Crippen LogP contribution in [0, 0.1) is 12.7 Å². The molecule has 0 bridgehead atoms. The molecule has 2 aliphatic rings. The lowest BCUT2D eigenvalue weighted by molar-refractivity contribution is -0.128. The molecule has 1 saturated heterocycles. The van der Waals surface area contributed by atoms with Crippen LogP contribution in [0.2, 0.25) is 0 Å². The minimum atomic E-state index is -0.424. The van der Waals surface area contributed by atoms with Gasteiger partial charge in [-0.25, -0.2) is 4.39 Å². The van der Waals surface area contributed by atoms with Crippen molar-refractivity contribution in [2.45, 2.75) is 70.1 Å². The first-order valence-corrected chi connectivity index (χ1v) is 15.0. The third-order valence-corrected chi connectivity index (χ3v) is 8.68. The molecule has 1 aliphatic carbocycles. The Kier molecular flexibility index (Phi) is 8.38. The Balaban J connectivity index is 1.21. The molecular weight excluding hydrogens is 547 g/mol. The number of nitrogens with one attached hydrogen (secondary N) is 3. The summed E-state index contributed by atoms with van der Waals surface area (Å²) in [4.78, 5) is 33.2. The summed E-state index contributed by atoms with van der Waals surface area (Å²) in [5, 5.41) is 14.8.